The van der Waals surface area contributed by atoms with E-state index in [0.29, 0.717) is 48.4 Å². The minimum absolute atomic E-state index is 0.236. The molecule has 0 bridgehead atoms. The topological polar surface area (TPSA) is 99.5 Å². The highest BCUT2D eigenvalue weighted by Crippen LogP contribution is 2.37. The number of aromatic amines is 1. The first kappa shape index (κ1) is 36.9. The van der Waals surface area contributed by atoms with Crippen molar-refractivity contribution in [2.45, 2.75) is 66.3 Å². The van der Waals surface area contributed by atoms with E-state index < -0.39 is 0 Å². The number of benzene rings is 3. The van der Waals surface area contributed by atoms with Gasteiger partial charge < -0.3 is 24.1 Å². The summed E-state index contributed by atoms with van der Waals surface area (Å²) in [6, 6.07) is 20.3. The van der Waals surface area contributed by atoms with Gasteiger partial charge in [0, 0.05) is 48.9 Å². The van der Waals surface area contributed by atoms with E-state index in [1.165, 1.54) is 32.1 Å². The van der Waals surface area contributed by atoms with Crippen LogP contribution in [-0.2, 0) is 26.3 Å². The van der Waals surface area contributed by atoms with Crippen LogP contribution in [-0.4, -0.2) is 58.0 Å². The monoisotopic (exact) mass is 718 g/mol. The predicted molar refractivity (Wildman–Crippen MR) is 205 cm³/mol. The van der Waals surface area contributed by atoms with Crippen LogP contribution in [0.5, 0.6) is 17.2 Å². The first-order chi connectivity index (χ1) is 25.3. The molecule has 1 fully saturated rings. The zero-order valence-corrected chi connectivity index (χ0v) is 31.3. The molecule has 6 rings (SSSR count). The van der Waals surface area contributed by atoms with Crippen molar-refractivity contribution in [2.24, 2.45) is 0 Å². The van der Waals surface area contributed by atoms with Crippen molar-refractivity contribution in [1.82, 2.24) is 24.8 Å². The molecular formula is C42H47ClN6O3. The molecule has 270 valence electrons. The largest absolute Gasteiger partial charge is 0.493 e. The van der Waals surface area contributed by atoms with Gasteiger partial charge in [0.15, 0.2) is 0 Å². The molecule has 2 aromatic heterocycles. The summed E-state index contributed by atoms with van der Waals surface area (Å²) in [5.74, 6) is 2.98. The summed E-state index contributed by atoms with van der Waals surface area (Å²) in [5, 5.41) is 9.85. The molecular weight excluding hydrogens is 672 g/mol. The van der Waals surface area contributed by atoms with Gasteiger partial charge in [-0.05, 0) is 106 Å². The third-order valence-corrected chi connectivity index (χ3v) is 9.83. The SMILES string of the molecule is Cc1c[nH]c(CN(C)Cc2cc(Cl)c(OCc3cccc(-c4cccc(OCCCN5CCCC5)c4C)c3C)cc2OCc2cncc(C#N)c2)n1. The molecule has 0 atom stereocenters. The molecule has 9 nitrogen and oxygen atoms in total. The average Bonchev–Trinajstić information content (AvgIpc) is 3.82. The second-order valence-electron chi connectivity index (χ2n) is 13.6. The summed E-state index contributed by atoms with van der Waals surface area (Å²) in [6.45, 7) is 12.2. The van der Waals surface area contributed by atoms with Gasteiger partial charge in [-0.3, -0.25) is 9.88 Å². The molecule has 1 aliphatic heterocycles. The Morgan fingerprint density at radius 1 is 0.865 bits per heavy atom. The molecule has 3 aromatic carbocycles. The maximum Gasteiger partial charge on any atom is 0.142 e. The van der Waals surface area contributed by atoms with Crippen LogP contribution < -0.4 is 14.2 Å². The van der Waals surface area contributed by atoms with E-state index in [9.17, 15) is 5.26 Å². The Labute approximate surface area is 312 Å². The van der Waals surface area contributed by atoms with E-state index in [0.717, 1.165) is 69.2 Å². The highest BCUT2D eigenvalue weighted by molar-refractivity contribution is 6.32. The van der Waals surface area contributed by atoms with Crippen molar-refractivity contribution >= 4 is 11.6 Å². The summed E-state index contributed by atoms with van der Waals surface area (Å²) < 4.78 is 19.1. The molecule has 0 radical (unpaired) electrons. The molecule has 1 saturated heterocycles. The number of rotatable bonds is 16. The summed E-state index contributed by atoms with van der Waals surface area (Å²) in [7, 11) is 2.02. The normalized spacial score (nSPS) is 13.0. The first-order valence-corrected chi connectivity index (χ1v) is 18.3. The van der Waals surface area contributed by atoms with E-state index in [4.69, 9.17) is 25.8 Å². The van der Waals surface area contributed by atoms with Crippen molar-refractivity contribution in [3.05, 3.63) is 123 Å². The van der Waals surface area contributed by atoms with E-state index in [1.54, 1.807) is 12.3 Å². The summed E-state index contributed by atoms with van der Waals surface area (Å²) in [6.07, 6.45) is 8.78. The number of pyridine rings is 1. The highest BCUT2D eigenvalue weighted by atomic mass is 35.5. The van der Waals surface area contributed by atoms with Crippen molar-refractivity contribution in [3.63, 3.8) is 0 Å². The van der Waals surface area contributed by atoms with E-state index in [2.05, 4.69) is 81.1 Å². The fourth-order valence-electron chi connectivity index (χ4n) is 6.71. The van der Waals surface area contributed by atoms with Crippen molar-refractivity contribution in [1.29, 1.82) is 5.26 Å². The van der Waals surface area contributed by atoms with Crippen LogP contribution in [0.15, 0.2) is 73.2 Å². The third kappa shape index (κ3) is 9.51. The van der Waals surface area contributed by atoms with Gasteiger partial charge in [-0.15, -0.1) is 0 Å². The molecule has 3 heterocycles. The molecule has 5 aromatic rings. The van der Waals surface area contributed by atoms with Crippen LogP contribution in [0.2, 0.25) is 5.02 Å². The van der Waals surface area contributed by atoms with Gasteiger partial charge in [-0.25, -0.2) is 4.98 Å². The Morgan fingerprint density at radius 2 is 1.63 bits per heavy atom. The second kappa shape index (κ2) is 17.6. The quantitative estimate of drug-likeness (QED) is 0.101. The van der Waals surface area contributed by atoms with Crippen LogP contribution in [0, 0.1) is 32.1 Å². The van der Waals surface area contributed by atoms with Crippen molar-refractivity contribution in [3.8, 4) is 34.4 Å². The lowest BCUT2D eigenvalue weighted by Gasteiger charge is -2.20. The lowest BCUT2D eigenvalue weighted by atomic mass is 9.93. The Balaban J connectivity index is 1.18. The Morgan fingerprint density at radius 3 is 2.40 bits per heavy atom. The molecule has 1 aliphatic rings. The summed E-state index contributed by atoms with van der Waals surface area (Å²) in [5.41, 5.74) is 8.75. The Bertz CT molecular complexity index is 2020. The molecule has 0 saturated carbocycles. The number of imidazole rings is 1. The van der Waals surface area contributed by atoms with E-state index in [1.807, 2.05) is 32.3 Å². The minimum atomic E-state index is 0.236. The van der Waals surface area contributed by atoms with Crippen LogP contribution in [0.4, 0.5) is 0 Å². The molecule has 0 unspecified atom stereocenters. The van der Waals surface area contributed by atoms with Crippen LogP contribution >= 0.6 is 11.6 Å². The van der Waals surface area contributed by atoms with E-state index in [-0.39, 0.29) is 6.61 Å². The van der Waals surface area contributed by atoms with Gasteiger partial charge in [0.1, 0.15) is 42.4 Å². The zero-order valence-electron chi connectivity index (χ0n) is 30.5. The number of aryl methyl sites for hydroxylation is 1. The fraction of sp³-hybridized carbons (Fsp3) is 0.357. The first-order valence-electron chi connectivity index (χ1n) is 17.9. The molecule has 52 heavy (non-hydrogen) atoms. The van der Waals surface area contributed by atoms with Gasteiger partial charge in [-0.1, -0.05) is 41.9 Å². The van der Waals surface area contributed by atoms with Gasteiger partial charge in [-0.2, -0.15) is 5.26 Å². The molecule has 1 N–H and O–H groups in total. The van der Waals surface area contributed by atoms with Crippen LogP contribution in [0.1, 0.15) is 64.2 Å². The lowest BCUT2D eigenvalue weighted by molar-refractivity contribution is 0.262. The Kier molecular flexibility index (Phi) is 12.5. The number of ether oxygens (including phenoxy) is 3. The number of hydrogen-bond donors (Lipinski definition) is 1. The molecule has 0 aliphatic carbocycles. The standard InChI is InChI=1S/C42H47ClN6O3/c1-29-22-46-42(47-29)26-48(4)25-35-19-38(43)41(20-40(35)51-27-33-18-32(21-44)23-45-24-33)52-28-34-10-7-11-36(30(34)2)37-12-8-13-39(31(37)3)50-17-9-16-49-14-5-6-15-49/h7-8,10-13,18-20,22-24H,5-6,9,14-17,25-28H2,1-4H3,(H,46,47). The summed E-state index contributed by atoms with van der Waals surface area (Å²) >= 11 is 6.89. The average molecular weight is 719 g/mol. The van der Waals surface area contributed by atoms with E-state index >= 15 is 0 Å². The van der Waals surface area contributed by atoms with Gasteiger partial charge in [0.2, 0.25) is 0 Å². The predicted octanol–water partition coefficient (Wildman–Crippen LogP) is 8.58. The fourth-order valence-corrected chi connectivity index (χ4v) is 6.95. The zero-order chi connectivity index (χ0) is 36.5. The van der Waals surface area contributed by atoms with Crippen LogP contribution in [0.25, 0.3) is 11.1 Å². The maximum atomic E-state index is 9.35. The highest BCUT2D eigenvalue weighted by Gasteiger charge is 2.17. The molecule has 0 spiro atoms. The van der Waals surface area contributed by atoms with Crippen molar-refractivity contribution in [2.75, 3.05) is 33.3 Å². The maximum absolute atomic E-state index is 9.35. The Hall–Kier alpha value is -4.88. The number of nitrogens with zero attached hydrogens (tertiary/aromatic N) is 5. The number of halogens is 1. The number of H-pyrrole nitrogens is 1. The number of likely N-dealkylation sites (tertiary alicyclic amines) is 1. The second-order valence-corrected chi connectivity index (χ2v) is 14.0. The molecule has 10 heteroatoms. The van der Waals surface area contributed by atoms with Crippen LogP contribution in [0.3, 0.4) is 0 Å². The minimum Gasteiger partial charge on any atom is -0.493 e. The number of nitriles is 1. The van der Waals surface area contributed by atoms with Crippen molar-refractivity contribution < 1.29 is 14.2 Å². The van der Waals surface area contributed by atoms with Gasteiger partial charge in [0.25, 0.3) is 0 Å². The van der Waals surface area contributed by atoms with Gasteiger partial charge in [0.05, 0.1) is 29.4 Å². The lowest BCUT2D eigenvalue weighted by Crippen LogP contribution is -2.22. The number of nitrogens with one attached hydrogen (secondary N) is 1. The summed E-state index contributed by atoms with van der Waals surface area (Å²) in [4.78, 5) is 16.6. The number of aromatic nitrogens is 3. The third-order valence-electron chi connectivity index (χ3n) is 9.53. The van der Waals surface area contributed by atoms with Gasteiger partial charge >= 0.3 is 0 Å². The molecule has 0 amide bonds. The smallest absolute Gasteiger partial charge is 0.142 e. The number of hydrogen-bond acceptors (Lipinski definition) is 8.